The van der Waals surface area contributed by atoms with Crippen molar-refractivity contribution in [3.05, 3.63) is 35.6 Å². The van der Waals surface area contributed by atoms with E-state index in [0.29, 0.717) is 12.5 Å². The second-order valence-corrected chi connectivity index (χ2v) is 6.11. The first-order valence-corrected chi connectivity index (χ1v) is 7.43. The van der Waals surface area contributed by atoms with Gasteiger partial charge in [-0.05, 0) is 55.8 Å². The number of carbonyl (C=O) groups is 1. The van der Waals surface area contributed by atoms with Gasteiger partial charge in [0.15, 0.2) is 0 Å². The monoisotopic (exact) mass is 312 g/mol. The van der Waals surface area contributed by atoms with E-state index in [4.69, 9.17) is 5.73 Å². The molecule has 2 aliphatic carbocycles. The Morgan fingerprint density at radius 1 is 1.29 bits per heavy atom. The topological polar surface area (TPSA) is 55.1 Å². The van der Waals surface area contributed by atoms with Crippen molar-refractivity contribution in [3.63, 3.8) is 0 Å². The van der Waals surface area contributed by atoms with Crippen LogP contribution in [0.2, 0.25) is 0 Å². The van der Waals surface area contributed by atoms with E-state index in [1.165, 1.54) is 12.1 Å². The third-order valence-corrected chi connectivity index (χ3v) is 4.81. The molecule has 0 heterocycles. The molecule has 2 fully saturated rings. The lowest BCUT2D eigenvalue weighted by Crippen LogP contribution is -2.41. The maximum absolute atomic E-state index is 13.0. The maximum Gasteiger partial charge on any atom is 0.224 e. The van der Waals surface area contributed by atoms with E-state index in [0.717, 1.165) is 37.7 Å². The fourth-order valence-corrected chi connectivity index (χ4v) is 3.37. The lowest BCUT2D eigenvalue weighted by atomic mass is 9.94. The molecule has 0 bridgehead atoms. The van der Waals surface area contributed by atoms with Gasteiger partial charge in [-0.3, -0.25) is 4.79 Å². The summed E-state index contributed by atoms with van der Waals surface area (Å²) < 4.78 is 13.0. The largest absolute Gasteiger partial charge is 0.346 e. The molecule has 3 nitrogen and oxygen atoms in total. The summed E-state index contributed by atoms with van der Waals surface area (Å²) in [6.45, 7) is 0.585. The van der Waals surface area contributed by atoms with Crippen LogP contribution in [0.5, 0.6) is 0 Å². The van der Waals surface area contributed by atoms with Crippen molar-refractivity contribution in [3.8, 4) is 0 Å². The van der Waals surface area contributed by atoms with Crippen LogP contribution in [0, 0.1) is 17.7 Å². The second kappa shape index (κ2) is 6.32. The van der Waals surface area contributed by atoms with Gasteiger partial charge in [-0.1, -0.05) is 18.6 Å². The van der Waals surface area contributed by atoms with Gasteiger partial charge in [0.1, 0.15) is 5.82 Å². The Morgan fingerprint density at radius 3 is 2.52 bits per heavy atom. The smallest absolute Gasteiger partial charge is 0.224 e. The quantitative estimate of drug-likeness (QED) is 0.898. The molecule has 3 N–H and O–H groups in total. The van der Waals surface area contributed by atoms with Gasteiger partial charge in [0.25, 0.3) is 0 Å². The Morgan fingerprint density at radius 2 is 1.95 bits per heavy atom. The second-order valence-electron chi connectivity index (χ2n) is 6.11. The highest BCUT2D eigenvalue weighted by atomic mass is 35.5. The number of hydrogen-bond donors (Lipinski definition) is 2. The SMILES string of the molecule is Cl.NC[C@H]1CCC[C@H]1C(=O)NC1(c2ccc(F)cc2)CC1. The number of nitrogens with two attached hydrogens (primary N) is 1. The van der Waals surface area contributed by atoms with Crippen molar-refractivity contribution < 1.29 is 9.18 Å². The average Bonchev–Trinajstić information content (AvgIpc) is 3.05. The van der Waals surface area contributed by atoms with Crippen molar-refractivity contribution in [2.24, 2.45) is 17.6 Å². The van der Waals surface area contributed by atoms with Gasteiger partial charge in [-0.2, -0.15) is 0 Å². The summed E-state index contributed by atoms with van der Waals surface area (Å²) in [4.78, 5) is 12.5. The molecule has 3 rings (SSSR count). The van der Waals surface area contributed by atoms with Crippen LogP contribution in [-0.4, -0.2) is 12.5 Å². The number of hydrogen-bond acceptors (Lipinski definition) is 2. The Bertz CT molecular complexity index is 502. The zero-order valence-electron chi connectivity index (χ0n) is 12.0. The average molecular weight is 313 g/mol. The minimum Gasteiger partial charge on any atom is -0.346 e. The van der Waals surface area contributed by atoms with E-state index in [2.05, 4.69) is 5.32 Å². The number of benzene rings is 1. The maximum atomic E-state index is 13.0. The van der Waals surface area contributed by atoms with Crippen LogP contribution in [0.4, 0.5) is 4.39 Å². The predicted molar refractivity (Wildman–Crippen MR) is 82.6 cm³/mol. The van der Waals surface area contributed by atoms with E-state index in [9.17, 15) is 9.18 Å². The number of nitrogens with one attached hydrogen (secondary N) is 1. The Kier molecular flexibility index (Phi) is 4.89. The molecule has 0 unspecified atom stereocenters. The molecule has 21 heavy (non-hydrogen) atoms. The number of amides is 1. The summed E-state index contributed by atoms with van der Waals surface area (Å²) in [6.07, 6.45) is 4.95. The molecule has 0 spiro atoms. The van der Waals surface area contributed by atoms with Crippen LogP contribution >= 0.6 is 12.4 Å². The van der Waals surface area contributed by atoms with Crippen molar-refractivity contribution in [2.75, 3.05) is 6.54 Å². The van der Waals surface area contributed by atoms with Crippen LogP contribution in [0.3, 0.4) is 0 Å². The van der Waals surface area contributed by atoms with Crippen LogP contribution in [0.25, 0.3) is 0 Å². The highest BCUT2D eigenvalue weighted by Crippen LogP contribution is 2.46. The van der Waals surface area contributed by atoms with Gasteiger partial charge in [-0.15, -0.1) is 12.4 Å². The van der Waals surface area contributed by atoms with Crippen LogP contribution in [0.1, 0.15) is 37.7 Å². The molecule has 2 saturated carbocycles. The lowest BCUT2D eigenvalue weighted by molar-refractivity contribution is -0.127. The summed E-state index contributed by atoms with van der Waals surface area (Å²) in [5, 5.41) is 3.19. The van der Waals surface area contributed by atoms with Gasteiger partial charge < -0.3 is 11.1 Å². The summed E-state index contributed by atoms with van der Waals surface area (Å²) in [6, 6.07) is 6.47. The molecule has 0 aromatic heterocycles. The van der Waals surface area contributed by atoms with Gasteiger partial charge in [0.2, 0.25) is 5.91 Å². The van der Waals surface area contributed by atoms with Crippen molar-refractivity contribution >= 4 is 18.3 Å². The third-order valence-electron chi connectivity index (χ3n) is 4.81. The van der Waals surface area contributed by atoms with E-state index in [1.54, 1.807) is 12.1 Å². The highest BCUT2D eigenvalue weighted by Gasteiger charge is 2.47. The molecule has 1 aromatic rings. The summed E-state index contributed by atoms with van der Waals surface area (Å²) >= 11 is 0. The first-order valence-electron chi connectivity index (χ1n) is 7.43. The minimum atomic E-state index is -0.257. The zero-order valence-corrected chi connectivity index (χ0v) is 12.8. The molecule has 0 aliphatic heterocycles. The lowest BCUT2D eigenvalue weighted by Gasteiger charge is -2.23. The van der Waals surface area contributed by atoms with Crippen LogP contribution in [-0.2, 0) is 10.3 Å². The van der Waals surface area contributed by atoms with E-state index in [-0.39, 0.29) is 35.6 Å². The Labute approximate surface area is 130 Å². The molecule has 2 atom stereocenters. The molecule has 1 amide bonds. The molecular formula is C16H22ClFN2O. The molecular weight excluding hydrogens is 291 g/mol. The fourth-order valence-electron chi connectivity index (χ4n) is 3.37. The van der Waals surface area contributed by atoms with Gasteiger partial charge >= 0.3 is 0 Å². The van der Waals surface area contributed by atoms with Crippen molar-refractivity contribution in [1.29, 1.82) is 0 Å². The van der Waals surface area contributed by atoms with Crippen LogP contribution < -0.4 is 11.1 Å². The van der Waals surface area contributed by atoms with E-state index in [1.807, 2.05) is 0 Å². The summed E-state index contributed by atoms with van der Waals surface area (Å²) in [7, 11) is 0. The highest BCUT2D eigenvalue weighted by molar-refractivity contribution is 5.85. The predicted octanol–water partition coefficient (Wildman–Crippen LogP) is 2.73. The number of halogens is 2. The first-order chi connectivity index (χ1) is 9.64. The van der Waals surface area contributed by atoms with Gasteiger partial charge in [0.05, 0.1) is 5.54 Å². The molecule has 2 aliphatic rings. The van der Waals surface area contributed by atoms with E-state index >= 15 is 0 Å². The standard InChI is InChI=1S/C16H21FN2O.ClH/c17-13-6-4-12(5-7-13)16(8-9-16)19-15(20)14-3-1-2-11(14)10-18;/h4-7,11,14H,1-3,8-10,18H2,(H,19,20);1H/t11-,14-;/m1./s1. The molecule has 0 saturated heterocycles. The number of rotatable bonds is 4. The minimum absolute atomic E-state index is 0. The summed E-state index contributed by atoms with van der Waals surface area (Å²) in [5.74, 6) is 0.256. The normalized spacial score (nSPS) is 26.0. The number of carbonyl (C=O) groups excluding carboxylic acids is 1. The Balaban J connectivity index is 0.00000161. The molecule has 5 heteroatoms. The van der Waals surface area contributed by atoms with Crippen molar-refractivity contribution in [1.82, 2.24) is 5.32 Å². The van der Waals surface area contributed by atoms with Gasteiger partial charge in [-0.25, -0.2) is 4.39 Å². The fraction of sp³-hybridized carbons (Fsp3) is 0.562. The molecule has 1 aromatic carbocycles. The first kappa shape index (κ1) is 16.2. The van der Waals surface area contributed by atoms with Crippen molar-refractivity contribution in [2.45, 2.75) is 37.6 Å². The Hall–Kier alpha value is -1.13. The molecule has 116 valence electrons. The summed E-state index contributed by atoms with van der Waals surface area (Å²) in [5.41, 5.74) is 6.50. The third kappa shape index (κ3) is 3.22. The van der Waals surface area contributed by atoms with Crippen LogP contribution in [0.15, 0.2) is 24.3 Å². The molecule has 0 radical (unpaired) electrons. The van der Waals surface area contributed by atoms with E-state index < -0.39 is 0 Å². The van der Waals surface area contributed by atoms with Gasteiger partial charge in [0, 0.05) is 5.92 Å². The zero-order chi connectivity index (χ0) is 14.2.